The molecule has 1 saturated heterocycles. The molecule has 1 aliphatic rings. The number of piperidine rings is 1. The first-order chi connectivity index (χ1) is 10.5. The summed E-state index contributed by atoms with van der Waals surface area (Å²) in [6.07, 6.45) is 2.40. The summed E-state index contributed by atoms with van der Waals surface area (Å²) in [4.78, 5) is 10.9. The van der Waals surface area contributed by atoms with E-state index in [9.17, 15) is 5.11 Å². The highest BCUT2D eigenvalue weighted by Gasteiger charge is 2.25. The summed E-state index contributed by atoms with van der Waals surface area (Å²) in [5.74, 6) is 2.63. The lowest BCUT2D eigenvalue weighted by Gasteiger charge is -2.35. The Morgan fingerprint density at radius 1 is 1.41 bits per heavy atom. The van der Waals surface area contributed by atoms with E-state index in [1.165, 1.54) is 0 Å². The molecule has 3 rings (SSSR count). The minimum Gasteiger partial charge on any atom is -0.391 e. The van der Waals surface area contributed by atoms with Gasteiger partial charge in [-0.15, -0.1) is 0 Å². The molecule has 0 aromatic carbocycles. The Balaban J connectivity index is 1.83. The van der Waals surface area contributed by atoms with Crippen molar-refractivity contribution in [2.75, 3.05) is 18.0 Å². The average Bonchev–Trinajstić information content (AvgIpc) is 3.00. The number of aliphatic hydroxyl groups excluding tert-OH is 1. The van der Waals surface area contributed by atoms with Crippen LogP contribution in [0, 0.1) is 5.92 Å². The third-order valence-electron chi connectivity index (χ3n) is 4.19. The normalized spacial score (nSPS) is 22.3. The smallest absolute Gasteiger partial charge is 0.258 e. The number of rotatable bonds is 3. The average molecular weight is 302 g/mol. The number of hydrogen-bond donors (Lipinski definition) is 1. The fourth-order valence-corrected chi connectivity index (χ4v) is 2.57. The van der Waals surface area contributed by atoms with E-state index in [1.54, 1.807) is 6.20 Å². The first-order valence-electron chi connectivity index (χ1n) is 7.77. The Morgan fingerprint density at radius 3 is 2.91 bits per heavy atom. The van der Waals surface area contributed by atoms with Gasteiger partial charge in [-0.25, -0.2) is 4.98 Å². The van der Waals surface area contributed by atoms with Gasteiger partial charge in [-0.3, -0.25) is 0 Å². The molecule has 0 aliphatic carbocycles. The van der Waals surface area contributed by atoms with Gasteiger partial charge in [-0.05, 0) is 24.5 Å². The van der Waals surface area contributed by atoms with E-state index in [4.69, 9.17) is 4.52 Å². The molecule has 6 nitrogen and oxygen atoms in total. The molecule has 118 valence electrons. The molecule has 1 fully saturated rings. The highest BCUT2D eigenvalue weighted by molar-refractivity contribution is 5.58. The number of aliphatic hydroxyl groups is 1. The summed E-state index contributed by atoms with van der Waals surface area (Å²) >= 11 is 0. The van der Waals surface area contributed by atoms with Crippen LogP contribution in [0.1, 0.15) is 38.9 Å². The Morgan fingerprint density at radius 2 is 2.23 bits per heavy atom. The van der Waals surface area contributed by atoms with Crippen LogP contribution in [0.25, 0.3) is 11.5 Å². The minimum atomic E-state index is -0.310. The molecule has 0 spiro atoms. The lowest BCUT2D eigenvalue weighted by Crippen LogP contribution is -2.43. The zero-order chi connectivity index (χ0) is 15.7. The van der Waals surface area contributed by atoms with E-state index in [-0.39, 0.29) is 12.0 Å². The van der Waals surface area contributed by atoms with Crippen molar-refractivity contribution in [3.63, 3.8) is 0 Å². The van der Waals surface area contributed by atoms with Gasteiger partial charge in [0.25, 0.3) is 5.89 Å². The van der Waals surface area contributed by atoms with Crippen molar-refractivity contribution in [3.05, 3.63) is 24.2 Å². The summed E-state index contributed by atoms with van der Waals surface area (Å²) in [6.45, 7) is 7.65. The number of aromatic nitrogens is 3. The van der Waals surface area contributed by atoms with Crippen molar-refractivity contribution < 1.29 is 9.63 Å². The molecule has 2 aromatic heterocycles. The number of β-amino-alcohol motifs (C(OH)–C–C–N with tert-alkyl or cyclic N) is 1. The maximum Gasteiger partial charge on any atom is 0.258 e. The van der Waals surface area contributed by atoms with Gasteiger partial charge in [0.2, 0.25) is 0 Å². The van der Waals surface area contributed by atoms with E-state index in [1.807, 2.05) is 26.0 Å². The van der Waals surface area contributed by atoms with E-state index in [2.05, 4.69) is 26.9 Å². The molecule has 2 unspecified atom stereocenters. The largest absolute Gasteiger partial charge is 0.391 e. The lowest BCUT2D eigenvalue weighted by molar-refractivity contribution is 0.102. The second-order valence-corrected chi connectivity index (χ2v) is 6.29. The van der Waals surface area contributed by atoms with Gasteiger partial charge in [0.15, 0.2) is 5.82 Å². The van der Waals surface area contributed by atoms with Gasteiger partial charge in [-0.1, -0.05) is 25.9 Å². The van der Waals surface area contributed by atoms with Crippen molar-refractivity contribution in [1.82, 2.24) is 15.1 Å². The molecular formula is C16H22N4O2. The van der Waals surface area contributed by atoms with E-state index >= 15 is 0 Å². The van der Waals surface area contributed by atoms with Gasteiger partial charge in [0, 0.05) is 30.8 Å². The summed E-state index contributed by atoms with van der Waals surface area (Å²) in [7, 11) is 0. The molecule has 3 heterocycles. The van der Waals surface area contributed by atoms with Crippen LogP contribution in [0.3, 0.4) is 0 Å². The van der Waals surface area contributed by atoms with Crippen LogP contribution in [0.15, 0.2) is 22.9 Å². The predicted octanol–water partition coefficient (Wildman–Crippen LogP) is 2.46. The van der Waals surface area contributed by atoms with Crippen LogP contribution >= 0.6 is 0 Å². The summed E-state index contributed by atoms with van der Waals surface area (Å²) in [6, 6.07) is 3.81. The fraction of sp³-hybridized carbons (Fsp3) is 0.562. The molecule has 1 aliphatic heterocycles. The standard InChI is InChI=1S/C16H22N4O2/c1-10(2)15-18-16(22-19-15)12-4-6-17-14(8-12)20-7-5-11(3)13(21)9-20/h4,6,8,10-11,13,21H,5,7,9H2,1-3H3. The monoisotopic (exact) mass is 302 g/mol. The second-order valence-electron chi connectivity index (χ2n) is 6.29. The van der Waals surface area contributed by atoms with Crippen LogP contribution < -0.4 is 4.90 Å². The molecule has 1 N–H and O–H groups in total. The molecule has 2 atom stereocenters. The molecule has 0 radical (unpaired) electrons. The molecule has 2 aromatic rings. The predicted molar refractivity (Wildman–Crippen MR) is 83.6 cm³/mol. The zero-order valence-electron chi connectivity index (χ0n) is 13.2. The minimum absolute atomic E-state index is 0.234. The third-order valence-corrected chi connectivity index (χ3v) is 4.19. The first-order valence-corrected chi connectivity index (χ1v) is 7.77. The molecule has 0 amide bonds. The van der Waals surface area contributed by atoms with Crippen molar-refractivity contribution in [2.24, 2.45) is 5.92 Å². The summed E-state index contributed by atoms with van der Waals surface area (Å²) < 4.78 is 5.34. The van der Waals surface area contributed by atoms with E-state index in [0.29, 0.717) is 24.2 Å². The number of pyridine rings is 1. The van der Waals surface area contributed by atoms with Gasteiger partial charge in [-0.2, -0.15) is 4.98 Å². The van der Waals surface area contributed by atoms with Crippen molar-refractivity contribution in [2.45, 2.75) is 39.2 Å². The molecule has 22 heavy (non-hydrogen) atoms. The Hall–Kier alpha value is -1.95. The van der Waals surface area contributed by atoms with Gasteiger partial charge >= 0.3 is 0 Å². The van der Waals surface area contributed by atoms with Crippen molar-refractivity contribution in [1.29, 1.82) is 0 Å². The molecule has 0 saturated carbocycles. The topological polar surface area (TPSA) is 75.3 Å². The fourth-order valence-electron chi connectivity index (χ4n) is 2.57. The van der Waals surface area contributed by atoms with Gasteiger partial charge in [0.1, 0.15) is 5.82 Å². The van der Waals surface area contributed by atoms with Crippen LogP contribution in [0.4, 0.5) is 5.82 Å². The lowest BCUT2D eigenvalue weighted by atomic mass is 9.96. The van der Waals surface area contributed by atoms with Gasteiger partial charge in [0.05, 0.1) is 6.10 Å². The van der Waals surface area contributed by atoms with E-state index < -0.39 is 0 Å². The Bertz CT molecular complexity index is 641. The zero-order valence-corrected chi connectivity index (χ0v) is 13.2. The Kier molecular flexibility index (Phi) is 4.11. The number of nitrogens with zero attached hydrogens (tertiary/aromatic N) is 4. The number of anilines is 1. The van der Waals surface area contributed by atoms with Gasteiger partial charge < -0.3 is 14.5 Å². The molecule has 6 heteroatoms. The van der Waals surface area contributed by atoms with Crippen LogP contribution in [0.2, 0.25) is 0 Å². The number of hydrogen-bond acceptors (Lipinski definition) is 6. The molecular weight excluding hydrogens is 280 g/mol. The third kappa shape index (κ3) is 2.97. The van der Waals surface area contributed by atoms with Crippen LogP contribution in [0.5, 0.6) is 0 Å². The van der Waals surface area contributed by atoms with E-state index in [0.717, 1.165) is 24.3 Å². The van der Waals surface area contributed by atoms with Crippen LogP contribution in [-0.4, -0.2) is 39.4 Å². The summed E-state index contributed by atoms with van der Waals surface area (Å²) in [5.41, 5.74) is 0.859. The van der Waals surface area contributed by atoms with Crippen molar-refractivity contribution >= 4 is 5.82 Å². The van der Waals surface area contributed by atoms with Crippen molar-refractivity contribution in [3.8, 4) is 11.5 Å². The highest BCUT2D eigenvalue weighted by Crippen LogP contribution is 2.26. The SMILES string of the molecule is CC(C)c1noc(-c2ccnc(N3CCC(C)C(O)C3)c2)n1. The molecule has 0 bridgehead atoms. The maximum absolute atomic E-state index is 10.0. The summed E-state index contributed by atoms with van der Waals surface area (Å²) in [5, 5.41) is 14.0. The van der Waals surface area contributed by atoms with Crippen LogP contribution in [-0.2, 0) is 0 Å². The quantitative estimate of drug-likeness (QED) is 0.938. The Labute approximate surface area is 130 Å². The maximum atomic E-state index is 10.0. The highest BCUT2D eigenvalue weighted by atomic mass is 16.5. The first kappa shape index (κ1) is 15.0. The second kappa shape index (κ2) is 6.04.